The van der Waals surface area contributed by atoms with Gasteiger partial charge in [-0.1, -0.05) is 0 Å². The maximum absolute atomic E-state index is 11.1. The van der Waals surface area contributed by atoms with Gasteiger partial charge in [0, 0.05) is 18.9 Å². The molecule has 1 aliphatic rings. The number of hydrogen-bond donors (Lipinski definition) is 0. The van der Waals surface area contributed by atoms with Crippen LogP contribution in [0, 0.1) is 5.21 Å². The van der Waals surface area contributed by atoms with Crippen molar-refractivity contribution in [3.63, 3.8) is 0 Å². The smallest absolute Gasteiger partial charge is 0.117 e. The Morgan fingerprint density at radius 2 is 2.17 bits per heavy atom. The topological polar surface area (TPSA) is 40.5 Å². The molecule has 0 amide bonds. The third kappa shape index (κ3) is 1.50. The van der Waals surface area contributed by atoms with E-state index in [0.717, 1.165) is 5.06 Å². The zero-order valence-electron chi connectivity index (χ0n) is 6.72. The minimum Gasteiger partial charge on any atom is -0.783 e. The molecule has 0 aliphatic carbocycles. The predicted molar refractivity (Wildman–Crippen MR) is 44.2 cm³/mol. The molecule has 12 heavy (non-hydrogen) atoms. The number of hydroxylamine groups is 2. The first-order valence-electron chi connectivity index (χ1n) is 4.02. The van der Waals surface area contributed by atoms with E-state index in [4.69, 9.17) is 4.74 Å². The molecule has 1 aliphatic heterocycles. The third-order valence-electron chi connectivity index (χ3n) is 1.98. The van der Waals surface area contributed by atoms with E-state index in [-0.39, 0.29) is 6.23 Å². The van der Waals surface area contributed by atoms with Crippen molar-refractivity contribution in [3.05, 3.63) is 29.7 Å². The van der Waals surface area contributed by atoms with Gasteiger partial charge in [0.1, 0.15) is 6.23 Å². The highest BCUT2D eigenvalue weighted by Gasteiger charge is 2.17. The van der Waals surface area contributed by atoms with Crippen molar-refractivity contribution in [1.82, 2.24) is 9.63 Å². The fourth-order valence-electron chi connectivity index (χ4n) is 1.32. The second-order valence-electron chi connectivity index (χ2n) is 2.85. The summed E-state index contributed by atoms with van der Waals surface area (Å²) in [6, 6.07) is 3.87. The Morgan fingerprint density at radius 1 is 1.42 bits per heavy atom. The molecule has 1 saturated heterocycles. The molecule has 4 heteroatoms. The first kappa shape index (κ1) is 7.79. The van der Waals surface area contributed by atoms with E-state index in [1.807, 2.05) is 29.1 Å². The molecule has 0 bridgehead atoms. The van der Waals surface area contributed by atoms with Crippen LogP contribution in [0.5, 0.6) is 0 Å². The van der Waals surface area contributed by atoms with Crippen LogP contribution >= 0.6 is 0 Å². The number of hydrogen-bond acceptors (Lipinski definition) is 3. The van der Waals surface area contributed by atoms with Gasteiger partial charge in [0.05, 0.1) is 13.2 Å². The van der Waals surface area contributed by atoms with Crippen molar-refractivity contribution in [1.29, 1.82) is 0 Å². The van der Waals surface area contributed by atoms with E-state index < -0.39 is 0 Å². The normalized spacial score (nSPS) is 24.9. The van der Waals surface area contributed by atoms with Crippen LogP contribution in [-0.4, -0.2) is 29.0 Å². The van der Waals surface area contributed by atoms with Crippen LogP contribution < -0.4 is 0 Å². The minimum atomic E-state index is -0.294. The first-order chi connectivity index (χ1) is 5.86. The molecular weight excluding hydrogens is 156 g/mol. The predicted octanol–water partition coefficient (Wildman–Crippen LogP) is 0.644. The lowest BCUT2D eigenvalue weighted by molar-refractivity contribution is 0.0412. The monoisotopic (exact) mass is 167 g/mol. The summed E-state index contributed by atoms with van der Waals surface area (Å²) in [6.07, 6.45) is 3.56. The van der Waals surface area contributed by atoms with Gasteiger partial charge >= 0.3 is 0 Å². The molecule has 0 spiro atoms. The zero-order valence-corrected chi connectivity index (χ0v) is 6.72. The summed E-state index contributed by atoms with van der Waals surface area (Å²) in [6.45, 7) is 1.66. The maximum Gasteiger partial charge on any atom is 0.117 e. The van der Waals surface area contributed by atoms with Crippen molar-refractivity contribution in [2.75, 3.05) is 13.2 Å². The lowest BCUT2D eigenvalue weighted by Crippen LogP contribution is -2.28. The summed E-state index contributed by atoms with van der Waals surface area (Å²) in [5, 5.41) is 12.1. The summed E-state index contributed by atoms with van der Waals surface area (Å²) in [7, 11) is 0. The molecule has 66 valence electrons. The van der Waals surface area contributed by atoms with Gasteiger partial charge in [-0.3, -0.25) is 0 Å². The summed E-state index contributed by atoms with van der Waals surface area (Å²) in [5.74, 6) is 0. The maximum atomic E-state index is 11.1. The Labute approximate surface area is 70.9 Å². The molecule has 0 saturated carbocycles. The van der Waals surface area contributed by atoms with Crippen molar-refractivity contribution < 1.29 is 4.74 Å². The van der Waals surface area contributed by atoms with Gasteiger partial charge in [-0.2, -0.15) is 0 Å². The van der Waals surface area contributed by atoms with Gasteiger partial charge in [-0.25, -0.2) is 0 Å². The SMILES string of the molecule is [O-]N1CCOC1Cn1cccc1. The highest BCUT2D eigenvalue weighted by atomic mass is 16.6. The Bertz CT molecular complexity index is 235. The molecule has 2 rings (SSSR count). The molecule has 0 aromatic carbocycles. The molecule has 0 radical (unpaired) electrons. The van der Waals surface area contributed by atoms with Crippen LogP contribution in [0.4, 0.5) is 0 Å². The Morgan fingerprint density at radius 3 is 2.75 bits per heavy atom. The first-order valence-corrected chi connectivity index (χ1v) is 4.02. The van der Waals surface area contributed by atoms with Crippen molar-refractivity contribution in [2.45, 2.75) is 12.8 Å². The molecule has 1 atom stereocenters. The summed E-state index contributed by atoms with van der Waals surface area (Å²) in [5.41, 5.74) is 0. The van der Waals surface area contributed by atoms with Crippen molar-refractivity contribution >= 4 is 0 Å². The number of aromatic nitrogens is 1. The van der Waals surface area contributed by atoms with Crippen molar-refractivity contribution in [2.24, 2.45) is 0 Å². The van der Waals surface area contributed by atoms with E-state index >= 15 is 0 Å². The highest BCUT2D eigenvalue weighted by molar-refractivity contribution is 4.91. The van der Waals surface area contributed by atoms with Gasteiger partial charge in [-0.15, -0.1) is 0 Å². The molecule has 1 fully saturated rings. The van der Waals surface area contributed by atoms with Gasteiger partial charge in [-0.05, 0) is 12.1 Å². The fraction of sp³-hybridized carbons (Fsp3) is 0.500. The van der Waals surface area contributed by atoms with Gasteiger partial charge in [0.15, 0.2) is 0 Å². The number of ether oxygens (including phenoxy) is 1. The zero-order chi connectivity index (χ0) is 8.39. The summed E-state index contributed by atoms with van der Waals surface area (Å²) < 4.78 is 7.18. The second kappa shape index (κ2) is 3.26. The number of nitrogens with zero attached hydrogens (tertiary/aromatic N) is 2. The third-order valence-corrected chi connectivity index (χ3v) is 1.98. The van der Waals surface area contributed by atoms with Gasteiger partial charge in [0.2, 0.25) is 0 Å². The lowest BCUT2D eigenvalue weighted by atomic mass is 10.5. The molecule has 1 aromatic rings. The highest BCUT2D eigenvalue weighted by Crippen LogP contribution is 2.09. The van der Waals surface area contributed by atoms with Crippen LogP contribution in [0.15, 0.2) is 24.5 Å². The lowest BCUT2D eigenvalue weighted by Gasteiger charge is -2.28. The van der Waals surface area contributed by atoms with Crippen LogP contribution in [0.3, 0.4) is 0 Å². The molecular formula is C8H11N2O2-. The molecule has 0 N–H and O–H groups in total. The Hall–Kier alpha value is -0.840. The minimum absolute atomic E-state index is 0.294. The van der Waals surface area contributed by atoms with Crippen LogP contribution in [0.1, 0.15) is 0 Å². The van der Waals surface area contributed by atoms with E-state index in [1.165, 1.54) is 0 Å². The van der Waals surface area contributed by atoms with Crippen LogP contribution in [-0.2, 0) is 11.3 Å². The summed E-state index contributed by atoms with van der Waals surface area (Å²) in [4.78, 5) is 0. The Kier molecular flexibility index (Phi) is 2.12. The second-order valence-corrected chi connectivity index (χ2v) is 2.85. The van der Waals surface area contributed by atoms with E-state index in [0.29, 0.717) is 19.7 Å². The Balaban J connectivity index is 1.95. The average Bonchev–Trinajstić information content (AvgIpc) is 2.65. The largest absolute Gasteiger partial charge is 0.783 e. The standard InChI is InChI=1S/C8H11N2O2/c11-10-5-6-12-8(10)7-9-3-1-2-4-9/h1-4,8H,5-7H2/q-1. The molecule has 1 unspecified atom stereocenters. The summed E-state index contributed by atoms with van der Waals surface area (Å²) >= 11 is 0. The van der Waals surface area contributed by atoms with E-state index in [9.17, 15) is 5.21 Å². The molecule has 4 nitrogen and oxygen atoms in total. The van der Waals surface area contributed by atoms with Gasteiger partial charge in [0.25, 0.3) is 0 Å². The van der Waals surface area contributed by atoms with Gasteiger partial charge < -0.3 is 19.6 Å². The molecule has 1 aromatic heterocycles. The quantitative estimate of drug-likeness (QED) is 0.649. The van der Waals surface area contributed by atoms with Crippen LogP contribution in [0.25, 0.3) is 0 Å². The van der Waals surface area contributed by atoms with E-state index in [2.05, 4.69) is 0 Å². The fourth-order valence-corrected chi connectivity index (χ4v) is 1.32. The number of rotatable bonds is 2. The molecule has 2 heterocycles. The van der Waals surface area contributed by atoms with E-state index in [1.54, 1.807) is 0 Å². The average molecular weight is 167 g/mol. The van der Waals surface area contributed by atoms with Crippen molar-refractivity contribution in [3.8, 4) is 0 Å². The van der Waals surface area contributed by atoms with Crippen LogP contribution in [0.2, 0.25) is 0 Å².